The lowest BCUT2D eigenvalue weighted by atomic mass is 9.84. The van der Waals surface area contributed by atoms with E-state index in [1.165, 1.54) is 0 Å². The number of hydrogen-bond donors (Lipinski definition) is 0. The quantitative estimate of drug-likeness (QED) is 0.220. The maximum absolute atomic E-state index is 12.3. The van der Waals surface area contributed by atoms with Gasteiger partial charge in [0.05, 0.1) is 0 Å². The summed E-state index contributed by atoms with van der Waals surface area (Å²) in [6.07, 6.45) is 0. The molecule has 5 aromatic rings. The lowest BCUT2D eigenvalue weighted by Gasteiger charge is -2.17. The molecule has 5 heteroatoms. The number of fused-ring (bicyclic) bond motifs is 4. The van der Waals surface area contributed by atoms with Gasteiger partial charge in [0.25, 0.3) is 0 Å². The van der Waals surface area contributed by atoms with Crippen molar-refractivity contribution in [3.63, 3.8) is 0 Å². The van der Waals surface area contributed by atoms with Crippen LogP contribution in [0, 0.1) is 0 Å². The van der Waals surface area contributed by atoms with Gasteiger partial charge in [0, 0.05) is 46.9 Å². The van der Waals surface area contributed by atoms with E-state index in [-0.39, 0.29) is 17.0 Å². The van der Waals surface area contributed by atoms with Gasteiger partial charge in [0.1, 0.15) is 0 Å². The number of hydrogen-bond acceptors (Lipinski definition) is 4. The van der Waals surface area contributed by atoms with Crippen molar-refractivity contribution in [2.45, 2.75) is 0 Å². The molecule has 0 bridgehead atoms. The van der Waals surface area contributed by atoms with E-state index in [4.69, 9.17) is 0 Å². The SMILES string of the molecule is O=C1c2ccccc2C(=O)c2c(Br)cccc21.O=c1c2ccccc2sc2ccccc12. The summed E-state index contributed by atoms with van der Waals surface area (Å²) in [6, 6.07) is 27.7. The first-order valence-electron chi connectivity index (χ1n) is 9.94. The molecule has 32 heavy (non-hydrogen) atoms. The molecule has 0 fully saturated rings. The van der Waals surface area contributed by atoms with Crippen molar-refractivity contribution < 1.29 is 9.59 Å². The van der Waals surface area contributed by atoms with Crippen molar-refractivity contribution in [3.05, 3.63) is 128 Å². The molecule has 1 aliphatic rings. The van der Waals surface area contributed by atoms with Crippen molar-refractivity contribution in [3.8, 4) is 0 Å². The Hall–Kier alpha value is -3.41. The van der Waals surface area contributed by atoms with Crippen LogP contribution in [0.2, 0.25) is 0 Å². The molecule has 0 aliphatic heterocycles. The number of rotatable bonds is 0. The van der Waals surface area contributed by atoms with Crippen molar-refractivity contribution in [1.82, 2.24) is 0 Å². The van der Waals surface area contributed by atoms with Gasteiger partial charge in [-0.1, -0.05) is 76.6 Å². The third-order valence-electron chi connectivity index (χ3n) is 5.38. The summed E-state index contributed by atoms with van der Waals surface area (Å²) in [4.78, 5) is 36.6. The summed E-state index contributed by atoms with van der Waals surface area (Å²) in [5, 5.41) is 1.64. The van der Waals surface area contributed by atoms with Crippen LogP contribution < -0.4 is 5.43 Å². The number of carbonyl (C=O) groups is 2. The molecule has 0 radical (unpaired) electrons. The minimum atomic E-state index is -0.0947. The molecule has 0 N–H and O–H groups in total. The zero-order chi connectivity index (χ0) is 22.2. The van der Waals surface area contributed by atoms with Crippen LogP contribution in [0.15, 0.2) is 100 Å². The normalized spacial score (nSPS) is 12.2. The van der Waals surface area contributed by atoms with Crippen LogP contribution >= 0.6 is 27.3 Å². The topological polar surface area (TPSA) is 51.2 Å². The third-order valence-corrected chi connectivity index (χ3v) is 7.20. The first kappa shape index (κ1) is 20.5. The second-order valence-electron chi connectivity index (χ2n) is 7.29. The van der Waals surface area contributed by atoms with E-state index in [1.807, 2.05) is 48.5 Å². The fourth-order valence-corrected chi connectivity index (χ4v) is 5.47. The summed E-state index contributed by atoms with van der Waals surface area (Å²) in [5.74, 6) is -0.181. The Labute approximate surface area is 196 Å². The van der Waals surface area contributed by atoms with Gasteiger partial charge >= 0.3 is 0 Å². The third kappa shape index (κ3) is 3.40. The monoisotopic (exact) mass is 498 g/mol. The van der Waals surface area contributed by atoms with Crippen LogP contribution in [0.5, 0.6) is 0 Å². The molecule has 0 spiro atoms. The van der Waals surface area contributed by atoms with E-state index < -0.39 is 0 Å². The first-order valence-corrected chi connectivity index (χ1v) is 11.5. The van der Waals surface area contributed by atoms with Crippen LogP contribution in [-0.2, 0) is 0 Å². The second kappa shape index (κ2) is 8.26. The lowest BCUT2D eigenvalue weighted by Crippen LogP contribution is -2.21. The fourth-order valence-electron chi connectivity index (χ4n) is 3.85. The summed E-state index contributed by atoms with van der Waals surface area (Å²) in [5.41, 5.74) is 2.05. The largest absolute Gasteiger partial charge is 0.289 e. The molecule has 1 aliphatic carbocycles. The predicted octanol–water partition coefficient (Wildman–Crippen LogP) is 6.64. The van der Waals surface area contributed by atoms with Gasteiger partial charge in [-0.3, -0.25) is 14.4 Å². The molecular formula is C27H15BrO3S. The van der Waals surface area contributed by atoms with Crippen LogP contribution in [0.1, 0.15) is 31.8 Å². The van der Waals surface area contributed by atoms with Crippen molar-refractivity contribution in [1.29, 1.82) is 0 Å². The Balaban J connectivity index is 0.000000136. The minimum Gasteiger partial charge on any atom is -0.289 e. The Bertz CT molecular complexity index is 1540. The van der Waals surface area contributed by atoms with E-state index in [2.05, 4.69) is 15.9 Å². The van der Waals surface area contributed by atoms with Gasteiger partial charge in [-0.05, 0) is 30.3 Å². The van der Waals surface area contributed by atoms with Gasteiger partial charge in [-0.15, -0.1) is 11.3 Å². The number of ketones is 2. The van der Waals surface area contributed by atoms with Crippen molar-refractivity contribution >= 4 is 59.0 Å². The average molecular weight is 499 g/mol. The van der Waals surface area contributed by atoms with Gasteiger partial charge in [0.15, 0.2) is 17.0 Å². The highest BCUT2D eigenvalue weighted by atomic mass is 79.9. The minimum absolute atomic E-state index is 0.0866. The highest BCUT2D eigenvalue weighted by Gasteiger charge is 2.30. The Morgan fingerprint density at radius 1 is 0.531 bits per heavy atom. The summed E-state index contributed by atoms with van der Waals surface area (Å²) in [7, 11) is 0. The Morgan fingerprint density at radius 3 is 1.66 bits per heavy atom. The van der Waals surface area contributed by atoms with E-state index in [9.17, 15) is 14.4 Å². The van der Waals surface area contributed by atoms with Crippen LogP contribution in [-0.4, -0.2) is 11.6 Å². The molecular weight excluding hydrogens is 484 g/mol. The van der Waals surface area contributed by atoms with Crippen LogP contribution in [0.4, 0.5) is 0 Å². The standard InChI is InChI=1S/C14H7BrO2.C13H8OS/c15-11-7-3-6-10-12(11)14(17)9-5-2-1-4-8(9)13(10)16;14-13-9-5-1-3-7-11(9)15-12-8-4-2-6-10(12)13/h1-7H;1-8H. The number of benzene rings is 4. The lowest BCUT2D eigenvalue weighted by molar-refractivity contribution is 0.0978. The molecule has 0 atom stereocenters. The molecule has 4 aromatic carbocycles. The molecule has 3 nitrogen and oxygen atoms in total. The van der Waals surface area contributed by atoms with Crippen LogP contribution in [0.3, 0.4) is 0 Å². The maximum atomic E-state index is 12.3. The smallest absolute Gasteiger partial charge is 0.195 e. The van der Waals surface area contributed by atoms with Gasteiger partial charge < -0.3 is 0 Å². The molecule has 0 saturated carbocycles. The van der Waals surface area contributed by atoms with Gasteiger partial charge in [-0.25, -0.2) is 0 Å². The van der Waals surface area contributed by atoms with Gasteiger partial charge in [-0.2, -0.15) is 0 Å². The highest BCUT2D eigenvalue weighted by molar-refractivity contribution is 9.10. The van der Waals surface area contributed by atoms with Crippen molar-refractivity contribution in [2.24, 2.45) is 0 Å². The fraction of sp³-hybridized carbons (Fsp3) is 0. The maximum Gasteiger partial charge on any atom is 0.195 e. The molecule has 1 heterocycles. The second-order valence-corrected chi connectivity index (χ2v) is 9.23. The molecule has 0 saturated heterocycles. The predicted molar refractivity (Wildman–Crippen MR) is 133 cm³/mol. The Kier molecular flexibility index (Phi) is 5.29. The van der Waals surface area contributed by atoms with E-state index in [0.717, 1.165) is 20.2 Å². The zero-order valence-electron chi connectivity index (χ0n) is 16.7. The van der Waals surface area contributed by atoms with E-state index in [1.54, 1.807) is 53.8 Å². The van der Waals surface area contributed by atoms with E-state index in [0.29, 0.717) is 26.7 Å². The van der Waals surface area contributed by atoms with Gasteiger partial charge in [0.2, 0.25) is 0 Å². The molecule has 154 valence electrons. The summed E-state index contributed by atoms with van der Waals surface area (Å²) in [6.45, 7) is 0. The molecule has 1 aromatic heterocycles. The van der Waals surface area contributed by atoms with E-state index >= 15 is 0 Å². The number of carbonyl (C=O) groups excluding carboxylic acids is 2. The first-order chi connectivity index (χ1) is 15.6. The molecule has 6 rings (SSSR count). The van der Waals surface area contributed by atoms with Crippen LogP contribution in [0.25, 0.3) is 20.2 Å². The van der Waals surface area contributed by atoms with Crippen molar-refractivity contribution in [2.75, 3.05) is 0 Å². The molecule has 0 unspecified atom stereocenters. The number of halogens is 1. The molecule has 0 amide bonds. The highest BCUT2D eigenvalue weighted by Crippen LogP contribution is 2.31. The Morgan fingerprint density at radius 2 is 1.03 bits per heavy atom. The summed E-state index contributed by atoms with van der Waals surface area (Å²) >= 11 is 4.99. The average Bonchev–Trinajstić information content (AvgIpc) is 2.83. The zero-order valence-corrected chi connectivity index (χ0v) is 19.1. The summed E-state index contributed by atoms with van der Waals surface area (Å²) < 4.78 is 2.78.